The van der Waals surface area contributed by atoms with Crippen molar-refractivity contribution in [2.75, 3.05) is 0 Å². The molecule has 1 fully saturated rings. The summed E-state index contributed by atoms with van der Waals surface area (Å²) in [6.07, 6.45) is 1.40. The average molecular weight is 412 g/mol. The van der Waals surface area contributed by atoms with E-state index < -0.39 is 0 Å². The summed E-state index contributed by atoms with van der Waals surface area (Å²) in [4.78, 5) is 36.1. The number of carbonyl (C=O) groups excluding carboxylic acids is 3. The van der Waals surface area contributed by atoms with Crippen LogP contribution in [0.5, 0.6) is 0 Å². The highest BCUT2D eigenvalue weighted by molar-refractivity contribution is 6.03. The summed E-state index contributed by atoms with van der Waals surface area (Å²) in [7, 11) is 0. The Morgan fingerprint density at radius 3 is 2.13 bits per heavy atom. The summed E-state index contributed by atoms with van der Waals surface area (Å²) in [5.74, 6) is -0.930. The summed E-state index contributed by atoms with van der Waals surface area (Å²) in [5, 5.41) is 5.49. The second kappa shape index (κ2) is 9.39. The predicted octanol–water partition coefficient (Wildman–Crippen LogP) is 3.61. The van der Waals surface area contributed by atoms with Crippen molar-refractivity contribution in [3.8, 4) is 0 Å². The molecule has 0 spiro atoms. The maximum Gasteiger partial charge on any atom is 0.251 e. The smallest absolute Gasteiger partial charge is 0.251 e. The van der Waals surface area contributed by atoms with E-state index >= 15 is 0 Å². The van der Waals surface area contributed by atoms with Gasteiger partial charge in [0.1, 0.15) is 0 Å². The zero-order valence-electron chi connectivity index (χ0n) is 17.1. The Morgan fingerprint density at radius 2 is 1.52 bits per heavy atom. The number of benzene rings is 3. The zero-order valence-corrected chi connectivity index (χ0v) is 17.1. The number of rotatable bonds is 7. The van der Waals surface area contributed by atoms with Crippen LogP contribution in [0.25, 0.3) is 0 Å². The molecule has 2 unspecified atom stereocenters. The first-order chi connectivity index (χ1) is 15.1. The summed E-state index contributed by atoms with van der Waals surface area (Å²) >= 11 is 0. The van der Waals surface area contributed by atoms with Gasteiger partial charge in [-0.25, -0.2) is 0 Å². The van der Waals surface area contributed by atoms with Crippen molar-refractivity contribution >= 4 is 17.7 Å². The fourth-order valence-corrected chi connectivity index (χ4v) is 3.88. The van der Waals surface area contributed by atoms with Gasteiger partial charge in [-0.3, -0.25) is 19.7 Å². The molecule has 1 heterocycles. The number of amides is 3. The van der Waals surface area contributed by atoms with Gasteiger partial charge in [0.2, 0.25) is 11.8 Å². The fraction of sp³-hybridized carbons (Fsp3) is 0.192. The number of carbonyl (C=O) groups is 3. The molecule has 1 saturated heterocycles. The van der Waals surface area contributed by atoms with E-state index in [1.165, 1.54) is 0 Å². The maximum absolute atomic E-state index is 12.9. The SMILES string of the molecule is O=C1CC(Cc2ccc(C(=O)NC(Cc3ccccc3)c3ccccc3)cc2)C(=O)N1. The monoisotopic (exact) mass is 412 g/mol. The van der Waals surface area contributed by atoms with Crippen LogP contribution in [0, 0.1) is 5.92 Å². The minimum atomic E-state index is -0.333. The molecule has 1 aliphatic rings. The van der Waals surface area contributed by atoms with Gasteiger partial charge in [-0.15, -0.1) is 0 Å². The van der Waals surface area contributed by atoms with Crippen LogP contribution < -0.4 is 10.6 Å². The van der Waals surface area contributed by atoms with Crippen LogP contribution in [0.3, 0.4) is 0 Å². The van der Waals surface area contributed by atoms with Crippen molar-refractivity contribution in [3.63, 3.8) is 0 Å². The lowest BCUT2D eigenvalue weighted by Crippen LogP contribution is -2.30. The number of imide groups is 1. The van der Waals surface area contributed by atoms with Gasteiger partial charge in [0.25, 0.3) is 5.91 Å². The molecule has 5 heteroatoms. The van der Waals surface area contributed by atoms with Gasteiger partial charge in [0.05, 0.1) is 12.0 Å². The van der Waals surface area contributed by atoms with E-state index in [1.807, 2.05) is 60.7 Å². The first kappa shape index (κ1) is 20.5. The van der Waals surface area contributed by atoms with E-state index in [2.05, 4.69) is 22.8 Å². The third-order valence-corrected chi connectivity index (χ3v) is 5.55. The van der Waals surface area contributed by atoms with Crippen molar-refractivity contribution in [1.82, 2.24) is 10.6 Å². The molecule has 1 aliphatic heterocycles. The highest BCUT2D eigenvalue weighted by Gasteiger charge is 2.30. The van der Waals surface area contributed by atoms with Crippen LogP contribution in [-0.4, -0.2) is 17.7 Å². The van der Waals surface area contributed by atoms with Gasteiger partial charge in [0, 0.05) is 12.0 Å². The van der Waals surface area contributed by atoms with Gasteiger partial charge in [-0.05, 0) is 41.7 Å². The molecule has 0 radical (unpaired) electrons. The van der Waals surface area contributed by atoms with Crippen molar-refractivity contribution in [2.45, 2.75) is 25.3 Å². The van der Waals surface area contributed by atoms with E-state index in [0.29, 0.717) is 18.4 Å². The molecule has 5 nitrogen and oxygen atoms in total. The third-order valence-electron chi connectivity index (χ3n) is 5.55. The molecule has 3 aromatic carbocycles. The molecule has 3 aromatic rings. The summed E-state index contributed by atoms with van der Waals surface area (Å²) in [6, 6.07) is 27.1. The van der Waals surface area contributed by atoms with Crippen molar-refractivity contribution in [1.29, 1.82) is 0 Å². The molecule has 2 N–H and O–H groups in total. The summed E-state index contributed by atoms with van der Waals surface area (Å²) < 4.78 is 0. The van der Waals surface area contributed by atoms with E-state index in [9.17, 15) is 14.4 Å². The Hall–Kier alpha value is -3.73. The highest BCUT2D eigenvalue weighted by atomic mass is 16.2. The van der Waals surface area contributed by atoms with E-state index in [4.69, 9.17) is 0 Å². The first-order valence-corrected chi connectivity index (χ1v) is 10.4. The van der Waals surface area contributed by atoms with Crippen molar-refractivity contribution in [2.24, 2.45) is 5.92 Å². The van der Waals surface area contributed by atoms with Crippen LogP contribution in [0.4, 0.5) is 0 Å². The van der Waals surface area contributed by atoms with Crippen molar-refractivity contribution < 1.29 is 14.4 Å². The topological polar surface area (TPSA) is 75.3 Å². The fourth-order valence-electron chi connectivity index (χ4n) is 3.88. The minimum Gasteiger partial charge on any atom is -0.345 e. The molecule has 3 amide bonds. The van der Waals surface area contributed by atoms with Crippen LogP contribution in [0.2, 0.25) is 0 Å². The van der Waals surface area contributed by atoms with Crippen LogP contribution in [-0.2, 0) is 22.4 Å². The summed E-state index contributed by atoms with van der Waals surface area (Å²) in [6.45, 7) is 0. The molecule has 31 heavy (non-hydrogen) atoms. The predicted molar refractivity (Wildman–Crippen MR) is 118 cm³/mol. The number of hydrogen-bond acceptors (Lipinski definition) is 3. The van der Waals surface area contributed by atoms with E-state index in [0.717, 1.165) is 16.7 Å². The molecular formula is C26H24N2O3. The molecule has 4 rings (SSSR count). The average Bonchev–Trinajstić information content (AvgIpc) is 3.11. The maximum atomic E-state index is 12.9. The van der Waals surface area contributed by atoms with Crippen LogP contribution >= 0.6 is 0 Å². The van der Waals surface area contributed by atoms with Gasteiger partial charge in [-0.2, -0.15) is 0 Å². The minimum absolute atomic E-state index is 0.148. The third kappa shape index (κ3) is 5.25. The molecule has 0 aliphatic carbocycles. The molecular weight excluding hydrogens is 388 g/mol. The molecule has 0 saturated carbocycles. The lowest BCUT2D eigenvalue weighted by Gasteiger charge is -2.20. The van der Waals surface area contributed by atoms with Crippen LogP contribution in [0.1, 0.15) is 39.5 Å². The summed E-state index contributed by atoms with van der Waals surface area (Å²) in [5.41, 5.74) is 3.68. The van der Waals surface area contributed by atoms with Gasteiger partial charge in [-0.1, -0.05) is 72.8 Å². The standard InChI is InChI=1S/C26H24N2O3/c29-24-17-22(26(31)28-24)15-19-11-13-21(14-12-19)25(30)27-23(20-9-5-2-6-10-20)16-18-7-3-1-4-8-18/h1-14,22-23H,15-17H2,(H,27,30)(H,28,29,31). The Morgan fingerprint density at radius 1 is 0.871 bits per heavy atom. The Kier molecular flexibility index (Phi) is 6.22. The largest absolute Gasteiger partial charge is 0.345 e. The molecule has 0 bridgehead atoms. The molecule has 2 atom stereocenters. The Labute approximate surface area is 181 Å². The highest BCUT2D eigenvalue weighted by Crippen LogP contribution is 2.20. The van der Waals surface area contributed by atoms with E-state index in [-0.39, 0.29) is 36.1 Å². The lowest BCUT2D eigenvalue weighted by molar-refractivity contribution is -0.125. The Balaban J connectivity index is 1.45. The molecule has 156 valence electrons. The zero-order chi connectivity index (χ0) is 21.6. The van der Waals surface area contributed by atoms with Gasteiger partial charge in [0.15, 0.2) is 0 Å². The quantitative estimate of drug-likeness (QED) is 0.582. The normalized spacial score (nSPS) is 16.6. The second-order valence-corrected chi connectivity index (χ2v) is 7.84. The second-order valence-electron chi connectivity index (χ2n) is 7.84. The van der Waals surface area contributed by atoms with Gasteiger partial charge < -0.3 is 5.32 Å². The van der Waals surface area contributed by atoms with Crippen molar-refractivity contribution in [3.05, 3.63) is 107 Å². The first-order valence-electron chi connectivity index (χ1n) is 10.4. The van der Waals surface area contributed by atoms with E-state index in [1.54, 1.807) is 12.1 Å². The number of hydrogen-bond donors (Lipinski definition) is 2. The van der Waals surface area contributed by atoms with Crippen LogP contribution in [0.15, 0.2) is 84.9 Å². The van der Waals surface area contributed by atoms with Gasteiger partial charge >= 0.3 is 0 Å². The Bertz CT molecular complexity index is 1060. The lowest BCUT2D eigenvalue weighted by atomic mass is 9.96. The molecule has 0 aromatic heterocycles. The number of nitrogens with one attached hydrogen (secondary N) is 2.